The molecule has 0 radical (unpaired) electrons. The molecule has 3 aliphatic heterocycles. The molecule has 2 aromatic rings. The van der Waals surface area contributed by atoms with Crippen LogP contribution in [0.25, 0.3) is 11.0 Å². The van der Waals surface area contributed by atoms with E-state index in [1.165, 1.54) is 51.9 Å². The number of amides is 1. The summed E-state index contributed by atoms with van der Waals surface area (Å²) in [5, 5.41) is 12.7. The van der Waals surface area contributed by atoms with Crippen LogP contribution < -0.4 is 15.8 Å². The Labute approximate surface area is 247 Å². The molecule has 9 nitrogen and oxygen atoms in total. The van der Waals surface area contributed by atoms with E-state index in [1.807, 2.05) is 28.8 Å². The molecule has 5 fully saturated rings. The van der Waals surface area contributed by atoms with E-state index in [0.29, 0.717) is 35.5 Å². The van der Waals surface area contributed by atoms with Gasteiger partial charge in [-0.25, -0.2) is 9.78 Å². The van der Waals surface area contributed by atoms with Gasteiger partial charge in [-0.15, -0.1) is 0 Å². The van der Waals surface area contributed by atoms with Gasteiger partial charge in [-0.05, 0) is 74.3 Å². The van der Waals surface area contributed by atoms with Gasteiger partial charge < -0.3 is 19.9 Å². The summed E-state index contributed by atoms with van der Waals surface area (Å²) in [6, 6.07) is 7.76. The number of carboxylic acids is 1. The predicted octanol–water partition coefficient (Wildman–Crippen LogP) is 4.19. The molecular formula is C33H45N5O4. The predicted molar refractivity (Wildman–Crippen MR) is 161 cm³/mol. The number of piperidine rings is 2. The first kappa shape index (κ1) is 27.9. The van der Waals surface area contributed by atoms with Crippen LogP contribution in [0.5, 0.6) is 0 Å². The molecule has 226 valence electrons. The molecule has 8 atom stereocenters. The van der Waals surface area contributed by atoms with Crippen molar-refractivity contribution < 1.29 is 14.7 Å². The Balaban J connectivity index is 1.25. The molecule has 2 aliphatic carbocycles. The van der Waals surface area contributed by atoms with Crippen LogP contribution in [0.4, 0.5) is 5.82 Å². The van der Waals surface area contributed by atoms with Crippen LogP contribution in [0, 0.1) is 23.7 Å². The Kier molecular flexibility index (Phi) is 7.07. The number of hydrogen-bond donors (Lipinski definition) is 2. The molecule has 4 bridgehead atoms. The van der Waals surface area contributed by atoms with Crippen molar-refractivity contribution in [3.63, 3.8) is 0 Å². The topological polar surface area (TPSA) is 108 Å². The zero-order valence-corrected chi connectivity index (χ0v) is 25.1. The summed E-state index contributed by atoms with van der Waals surface area (Å²) >= 11 is 0. The van der Waals surface area contributed by atoms with Crippen LogP contribution in [0.2, 0.25) is 0 Å². The summed E-state index contributed by atoms with van der Waals surface area (Å²) < 4.78 is 1.96. The van der Waals surface area contributed by atoms with Gasteiger partial charge in [0.15, 0.2) is 11.9 Å². The second-order valence-electron chi connectivity index (χ2n) is 14.3. The highest BCUT2D eigenvalue weighted by Gasteiger charge is 2.51. The van der Waals surface area contributed by atoms with Crippen LogP contribution in [0.15, 0.2) is 29.1 Å². The van der Waals surface area contributed by atoms with E-state index < -0.39 is 18.1 Å². The van der Waals surface area contributed by atoms with Crippen molar-refractivity contribution in [2.45, 2.75) is 115 Å². The van der Waals surface area contributed by atoms with Crippen LogP contribution >= 0.6 is 0 Å². The van der Waals surface area contributed by atoms with E-state index in [4.69, 9.17) is 4.98 Å². The number of nitrogens with one attached hydrogen (secondary N) is 1. The first-order valence-electron chi connectivity index (χ1n) is 16.2. The second kappa shape index (κ2) is 10.6. The lowest BCUT2D eigenvalue weighted by Gasteiger charge is -2.59. The lowest BCUT2D eigenvalue weighted by molar-refractivity contribution is -0.141. The van der Waals surface area contributed by atoms with Gasteiger partial charge in [-0.3, -0.25) is 14.5 Å². The Morgan fingerprint density at radius 1 is 0.929 bits per heavy atom. The molecule has 8 unspecified atom stereocenters. The lowest BCUT2D eigenvalue weighted by atomic mass is 9.66. The molecule has 0 spiro atoms. The Morgan fingerprint density at radius 3 is 2.24 bits per heavy atom. The summed E-state index contributed by atoms with van der Waals surface area (Å²) in [5.74, 6) is 1.71. The third kappa shape index (κ3) is 4.63. The monoisotopic (exact) mass is 575 g/mol. The molecule has 2 N–H and O–H groups in total. The molecule has 9 heteroatoms. The molecule has 2 saturated carbocycles. The average molecular weight is 576 g/mol. The molecule has 5 aliphatic rings. The first-order chi connectivity index (χ1) is 20.2. The van der Waals surface area contributed by atoms with Crippen LogP contribution in [0.3, 0.4) is 0 Å². The Morgan fingerprint density at radius 2 is 1.60 bits per heavy atom. The number of anilines is 1. The number of aliphatic carboxylic acids is 1. The van der Waals surface area contributed by atoms with Crippen molar-refractivity contribution in [1.82, 2.24) is 19.8 Å². The smallest absolute Gasteiger partial charge is 0.328 e. The number of hydrogen-bond acceptors (Lipinski definition) is 6. The summed E-state index contributed by atoms with van der Waals surface area (Å²) in [6.07, 6.45) is 11.4. The van der Waals surface area contributed by atoms with E-state index in [0.717, 1.165) is 30.2 Å². The van der Waals surface area contributed by atoms with Crippen molar-refractivity contribution in [1.29, 1.82) is 0 Å². The van der Waals surface area contributed by atoms with Gasteiger partial charge >= 0.3 is 5.97 Å². The number of aromatic nitrogens is 2. The van der Waals surface area contributed by atoms with E-state index in [1.54, 1.807) is 4.90 Å². The van der Waals surface area contributed by atoms with E-state index in [2.05, 4.69) is 24.1 Å². The Hall–Kier alpha value is -2.94. The normalized spacial score (nSPS) is 38.1. The van der Waals surface area contributed by atoms with Crippen LogP contribution in [-0.2, 0) is 9.59 Å². The summed E-state index contributed by atoms with van der Waals surface area (Å²) in [7, 11) is 0. The first-order valence-corrected chi connectivity index (χ1v) is 16.2. The van der Waals surface area contributed by atoms with Gasteiger partial charge in [0.2, 0.25) is 5.91 Å². The highest BCUT2D eigenvalue weighted by Crippen LogP contribution is 2.50. The molecule has 1 amide bonds. The average Bonchev–Trinajstić information content (AvgIpc) is 2.93. The van der Waals surface area contributed by atoms with Gasteiger partial charge in [0.05, 0.1) is 17.1 Å². The maximum atomic E-state index is 14.4. The number of carbonyl (C=O) groups is 2. The summed E-state index contributed by atoms with van der Waals surface area (Å²) in [6.45, 7) is 6.45. The number of nitrogens with zero attached hydrogens (tertiary/aromatic N) is 4. The fourth-order valence-corrected chi connectivity index (χ4v) is 9.89. The molecule has 1 aromatic carbocycles. The maximum absolute atomic E-state index is 14.4. The standard InChI is InChI=1S/C33H45N5O4/c1-18-11-19(2)29-16-24(15-28(18)37(29)23-13-21-7-6-8-22(12-21)14-23)38-27-10-5-4-9-25(27)35-31(32(38)40)36-17-26(34-20(3)39)30(36)33(41)42/h4-5,9-10,18-19,21-24,26,28-30H,6-8,11-17H2,1-3H3,(H,34,39)(H,41,42). The highest BCUT2D eigenvalue weighted by molar-refractivity contribution is 5.85. The minimum atomic E-state index is -1.07. The fraction of sp³-hybridized carbons (Fsp3) is 0.697. The molecular weight excluding hydrogens is 530 g/mol. The van der Waals surface area contributed by atoms with Crippen molar-refractivity contribution >= 4 is 28.7 Å². The number of benzene rings is 1. The molecule has 3 saturated heterocycles. The highest BCUT2D eigenvalue weighted by atomic mass is 16.4. The molecule has 42 heavy (non-hydrogen) atoms. The van der Waals surface area contributed by atoms with Crippen molar-refractivity contribution in [2.75, 3.05) is 11.4 Å². The molecule has 4 heterocycles. The summed E-state index contributed by atoms with van der Waals surface area (Å²) in [4.78, 5) is 47.5. The zero-order valence-electron chi connectivity index (χ0n) is 25.1. The van der Waals surface area contributed by atoms with Crippen molar-refractivity contribution in [2.24, 2.45) is 23.7 Å². The summed E-state index contributed by atoms with van der Waals surface area (Å²) in [5.41, 5.74) is 1.30. The van der Waals surface area contributed by atoms with Gasteiger partial charge in [-0.2, -0.15) is 0 Å². The fourth-order valence-electron chi connectivity index (χ4n) is 9.89. The number of rotatable bonds is 5. The van der Waals surface area contributed by atoms with E-state index >= 15 is 0 Å². The number of carbonyl (C=O) groups excluding carboxylic acids is 1. The number of carboxylic acid groups (broad SMARTS) is 1. The third-order valence-corrected chi connectivity index (χ3v) is 11.5. The second-order valence-corrected chi connectivity index (χ2v) is 14.3. The van der Waals surface area contributed by atoms with Crippen LogP contribution in [0.1, 0.15) is 84.6 Å². The Bertz CT molecular complexity index is 1410. The van der Waals surface area contributed by atoms with E-state index in [-0.39, 0.29) is 29.9 Å². The van der Waals surface area contributed by atoms with Gasteiger partial charge in [0.1, 0.15) is 0 Å². The maximum Gasteiger partial charge on any atom is 0.328 e. The quantitative estimate of drug-likeness (QED) is 0.550. The zero-order chi connectivity index (χ0) is 29.3. The van der Waals surface area contributed by atoms with Gasteiger partial charge in [0, 0.05) is 37.6 Å². The van der Waals surface area contributed by atoms with Gasteiger partial charge in [0.25, 0.3) is 5.56 Å². The van der Waals surface area contributed by atoms with Crippen LogP contribution in [-0.4, -0.2) is 68.2 Å². The van der Waals surface area contributed by atoms with E-state index in [9.17, 15) is 19.5 Å². The SMILES string of the molecule is CC(=O)NC1CN(c2nc3ccccc3n(C3CC4C(C)CC(C)C(C3)N4C3CC4CCCC(C4)C3)c2=O)C1C(=O)O. The van der Waals surface area contributed by atoms with Crippen molar-refractivity contribution in [3.8, 4) is 0 Å². The molecule has 1 aromatic heterocycles. The van der Waals surface area contributed by atoms with Gasteiger partial charge in [-0.1, -0.05) is 45.2 Å². The molecule has 7 rings (SSSR count). The lowest BCUT2D eigenvalue weighted by Crippen LogP contribution is -2.71. The minimum absolute atomic E-state index is 0.0272. The minimum Gasteiger partial charge on any atom is -0.480 e. The number of para-hydroxylation sites is 2. The van der Waals surface area contributed by atoms with Crippen molar-refractivity contribution in [3.05, 3.63) is 34.6 Å². The largest absolute Gasteiger partial charge is 0.480 e. The third-order valence-electron chi connectivity index (χ3n) is 11.5. The number of fused-ring (bicyclic) bond motifs is 5.